The zero-order chi connectivity index (χ0) is 16.6. The van der Waals surface area contributed by atoms with Gasteiger partial charge in [0.15, 0.2) is 0 Å². The third kappa shape index (κ3) is 3.10. The number of nitrogens with zero attached hydrogens (tertiary/aromatic N) is 2. The number of hydrogen-bond acceptors (Lipinski definition) is 4. The number of carbonyl (C=O) groups is 3. The molecule has 1 aromatic rings. The van der Waals surface area contributed by atoms with Crippen LogP contribution in [0.15, 0.2) is 17.5 Å². The molecule has 0 radical (unpaired) electrons. The first-order chi connectivity index (χ1) is 10.9. The molecule has 1 saturated carbocycles. The molecule has 1 spiro atoms. The Balaban J connectivity index is 1.50. The van der Waals surface area contributed by atoms with Gasteiger partial charge >= 0.3 is 5.97 Å². The van der Waals surface area contributed by atoms with Crippen LogP contribution in [0.4, 0.5) is 0 Å². The van der Waals surface area contributed by atoms with Gasteiger partial charge in [0.25, 0.3) is 5.91 Å². The van der Waals surface area contributed by atoms with E-state index in [1.807, 2.05) is 11.4 Å². The van der Waals surface area contributed by atoms with Gasteiger partial charge in [0.1, 0.15) is 0 Å². The third-order valence-electron chi connectivity index (χ3n) is 5.05. The first-order valence-corrected chi connectivity index (χ1v) is 8.60. The van der Waals surface area contributed by atoms with Gasteiger partial charge in [0, 0.05) is 20.1 Å². The number of likely N-dealkylation sites (N-methyl/N-ethyl adjacent to an activating group) is 1. The molecule has 7 heteroatoms. The standard InChI is InChI=1S/C16H20N2O4S/c1-17(14(20)12-3-2-8-23-12)10-13(19)18-6-4-16(5-7-18)9-11(16)15(21)22/h2-3,8,11H,4-7,9-10H2,1H3,(H,21,22). The van der Waals surface area contributed by atoms with Crippen LogP contribution in [-0.4, -0.2) is 59.4 Å². The lowest BCUT2D eigenvalue weighted by atomic mass is 9.91. The van der Waals surface area contributed by atoms with Crippen molar-refractivity contribution in [2.75, 3.05) is 26.7 Å². The predicted octanol–water partition coefficient (Wildman–Crippen LogP) is 1.53. The van der Waals surface area contributed by atoms with Crippen LogP contribution >= 0.6 is 11.3 Å². The van der Waals surface area contributed by atoms with Gasteiger partial charge in [-0.3, -0.25) is 14.4 Å². The molecule has 2 fully saturated rings. The van der Waals surface area contributed by atoms with Crippen molar-refractivity contribution in [3.05, 3.63) is 22.4 Å². The van der Waals surface area contributed by atoms with Crippen LogP contribution in [0.25, 0.3) is 0 Å². The highest BCUT2D eigenvalue weighted by molar-refractivity contribution is 7.12. The van der Waals surface area contributed by atoms with Crippen LogP contribution in [0.2, 0.25) is 0 Å². The summed E-state index contributed by atoms with van der Waals surface area (Å²) < 4.78 is 0. The third-order valence-corrected chi connectivity index (χ3v) is 5.91. The van der Waals surface area contributed by atoms with E-state index < -0.39 is 5.97 Å². The molecule has 1 aromatic heterocycles. The van der Waals surface area contributed by atoms with E-state index in [1.54, 1.807) is 18.0 Å². The molecule has 2 heterocycles. The van der Waals surface area contributed by atoms with E-state index in [9.17, 15) is 14.4 Å². The van der Waals surface area contributed by atoms with Gasteiger partial charge in [-0.2, -0.15) is 0 Å². The SMILES string of the molecule is CN(CC(=O)N1CCC2(CC1)CC2C(=O)O)C(=O)c1cccs1. The van der Waals surface area contributed by atoms with Crippen molar-refractivity contribution in [3.63, 3.8) is 0 Å². The molecule has 23 heavy (non-hydrogen) atoms. The van der Waals surface area contributed by atoms with Crippen molar-refractivity contribution in [1.82, 2.24) is 9.80 Å². The fourth-order valence-corrected chi connectivity index (χ4v) is 4.13. The molecule has 3 rings (SSSR count). The summed E-state index contributed by atoms with van der Waals surface area (Å²) in [5.74, 6) is -1.16. The molecular formula is C16H20N2O4S. The van der Waals surface area contributed by atoms with Gasteiger partial charge in [0.2, 0.25) is 5.91 Å². The summed E-state index contributed by atoms with van der Waals surface area (Å²) in [5, 5.41) is 10.9. The fraction of sp³-hybridized carbons (Fsp3) is 0.562. The van der Waals surface area contributed by atoms with Crippen LogP contribution < -0.4 is 0 Å². The van der Waals surface area contributed by atoms with Gasteiger partial charge in [-0.1, -0.05) is 6.07 Å². The molecule has 1 aliphatic carbocycles. The summed E-state index contributed by atoms with van der Waals surface area (Å²) in [6.07, 6.45) is 2.23. The molecule has 2 amide bonds. The second kappa shape index (κ2) is 5.96. The molecule has 1 saturated heterocycles. The van der Waals surface area contributed by atoms with Gasteiger partial charge in [-0.05, 0) is 36.1 Å². The summed E-state index contributed by atoms with van der Waals surface area (Å²) in [6, 6.07) is 3.56. The predicted molar refractivity (Wildman–Crippen MR) is 85.3 cm³/mol. The van der Waals surface area contributed by atoms with E-state index in [-0.39, 0.29) is 29.7 Å². The maximum Gasteiger partial charge on any atom is 0.307 e. The summed E-state index contributed by atoms with van der Waals surface area (Å²) in [7, 11) is 1.63. The largest absolute Gasteiger partial charge is 0.481 e. The zero-order valence-corrected chi connectivity index (χ0v) is 13.8. The molecule has 2 aliphatic rings. The summed E-state index contributed by atoms with van der Waals surface area (Å²) in [6.45, 7) is 1.24. The summed E-state index contributed by atoms with van der Waals surface area (Å²) in [5.41, 5.74) is -0.0820. The van der Waals surface area contributed by atoms with Crippen LogP contribution in [0, 0.1) is 11.3 Å². The van der Waals surface area contributed by atoms with Crippen LogP contribution in [0.3, 0.4) is 0 Å². The van der Waals surface area contributed by atoms with Crippen molar-refractivity contribution in [3.8, 4) is 0 Å². The first kappa shape index (κ1) is 16.0. The first-order valence-electron chi connectivity index (χ1n) is 7.72. The summed E-state index contributed by atoms with van der Waals surface area (Å²) in [4.78, 5) is 39.4. The van der Waals surface area contributed by atoms with Crippen molar-refractivity contribution < 1.29 is 19.5 Å². The Hall–Kier alpha value is -1.89. The Bertz CT molecular complexity index is 620. The fourth-order valence-electron chi connectivity index (χ4n) is 3.41. The van der Waals surface area contributed by atoms with Crippen molar-refractivity contribution >= 4 is 29.1 Å². The average molecular weight is 336 g/mol. The topological polar surface area (TPSA) is 77.9 Å². The molecule has 1 unspecified atom stereocenters. The molecule has 0 aromatic carbocycles. The Labute approximate surface area is 138 Å². The molecule has 1 aliphatic heterocycles. The highest BCUT2D eigenvalue weighted by Crippen LogP contribution is 2.59. The molecule has 0 bridgehead atoms. The van der Waals surface area contributed by atoms with E-state index >= 15 is 0 Å². The monoisotopic (exact) mass is 336 g/mol. The number of carboxylic acid groups (broad SMARTS) is 1. The number of carbonyl (C=O) groups excluding carboxylic acids is 2. The number of piperidine rings is 1. The number of amides is 2. The number of thiophene rings is 1. The Morgan fingerprint density at radius 2 is 2.09 bits per heavy atom. The number of rotatable bonds is 4. The maximum absolute atomic E-state index is 12.3. The minimum Gasteiger partial charge on any atom is -0.481 e. The van der Waals surface area contributed by atoms with E-state index in [1.165, 1.54) is 16.2 Å². The van der Waals surface area contributed by atoms with E-state index in [2.05, 4.69) is 0 Å². The van der Waals surface area contributed by atoms with Crippen LogP contribution in [-0.2, 0) is 9.59 Å². The number of aliphatic carboxylic acids is 1. The highest BCUT2D eigenvalue weighted by Gasteiger charge is 2.59. The van der Waals surface area contributed by atoms with E-state index in [0.29, 0.717) is 18.0 Å². The van der Waals surface area contributed by atoms with Crippen LogP contribution in [0.1, 0.15) is 28.9 Å². The van der Waals surface area contributed by atoms with Crippen molar-refractivity contribution in [2.24, 2.45) is 11.3 Å². The van der Waals surface area contributed by atoms with Gasteiger partial charge in [-0.15, -0.1) is 11.3 Å². The lowest BCUT2D eigenvalue weighted by Gasteiger charge is -2.33. The second-order valence-electron chi connectivity index (χ2n) is 6.48. The van der Waals surface area contributed by atoms with Gasteiger partial charge in [0.05, 0.1) is 17.3 Å². The Kier molecular flexibility index (Phi) is 4.14. The van der Waals surface area contributed by atoms with Gasteiger partial charge in [-0.25, -0.2) is 0 Å². The number of likely N-dealkylation sites (tertiary alicyclic amines) is 1. The normalized spacial score (nSPS) is 22.0. The molecular weight excluding hydrogens is 316 g/mol. The smallest absolute Gasteiger partial charge is 0.307 e. The second-order valence-corrected chi connectivity index (χ2v) is 7.42. The lowest BCUT2D eigenvalue weighted by molar-refractivity contribution is -0.140. The molecule has 1 atom stereocenters. The average Bonchev–Trinajstić information content (AvgIpc) is 2.98. The lowest BCUT2D eigenvalue weighted by Crippen LogP contribution is -2.45. The quantitative estimate of drug-likeness (QED) is 0.904. The van der Waals surface area contributed by atoms with E-state index in [0.717, 1.165) is 19.3 Å². The molecule has 1 N–H and O–H groups in total. The highest BCUT2D eigenvalue weighted by atomic mass is 32.1. The minimum atomic E-state index is -0.717. The molecule has 124 valence electrons. The van der Waals surface area contributed by atoms with Crippen molar-refractivity contribution in [2.45, 2.75) is 19.3 Å². The minimum absolute atomic E-state index is 0.0616. The van der Waals surface area contributed by atoms with Crippen molar-refractivity contribution in [1.29, 1.82) is 0 Å². The Morgan fingerprint density at radius 3 is 2.61 bits per heavy atom. The molecule has 6 nitrogen and oxygen atoms in total. The maximum atomic E-state index is 12.3. The number of carboxylic acids is 1. The van der Waals surface area contributed by atoms with Gasteiger partial charge < -0.3 is 14.9 Å². The zero-order valence-electron chi connectivity index (χ0n) is 13.0. The number of hydrogen-bond donors (Lipinski definition) is 1. The van der Waals surface area contributed by atoms with E-state index in [4.69, 9.17) is 5.11 Å². The van der Waals surface area contributed by atoms with Crippen LogP contribution in [0.5, 0.6) is 0 Å². The summed E-state index contributed by atoms with van der Waals surface area (Å²) >= 11 is 1.36. The Morgan fingerprint density at radius 1 is 1.39 bits per heavy atom.